The van der Waals surface area contributed by atoms with E-state index in [0.29, 0.717) is 5.54 Å². The molecule has 2 rings (SSSR count). The van der Waals surface area contributed by atoms with Crippen LogP contribution in [-0.4, -0.2) is 36.6 Å². The molecule has 1 spiro atoms. The van der Waals surface area contributed by atoms with Gasteiger partial charge in [0.15, 0.2) is 0 Å². The van der Waals surface area contributed by atoms with Crippen LogP contribution in [0.5, 0.6) is 0 Å². The molecule has 0 aromatic rings. The molecule has 2 aliphatic rings. The molecule has 1 heterocycles. The molecule has 112 valence electrons. The maximum atomic E-state index is 3.90. The predicted molar refractivity (Wildman–Crippen MR) is 83.6 cm³/mol. The van der Waals surface area contributed by atoms with Crippen molar-refractivity contribution in [1.82, 2.24) is 10.2 Å². The molecule has 0 bridgehead atoms. The Morgan fingerprint density at radius 3 is 2.53 bits per heavy atom. The third kappa shape index (κ3) is 5.07. The van der Waals surface area contributed by atoms with Crippen molar-refractivity contribution in [2.24, 2.45) is 0 Å². The summed E-state index contributed by atoms with van der Waals surface area (Å²) in [4.78, 5) is 2.76. The molecule has 0 unspecified atom stereocenters. The summed E-state index contributed by atoms with van der Waals surface area (Å²) in [6.07, 6.45) is 15.6. The van der Waals surface area contributed by atoms with Crippen LogP contribution in [0.25, 0.3) is 0 Å². The molecule has 0 amide bonds. The quantitative estimate of drug-likeness (QED) is 0.732. The van der Waals surface area contributed by atoms with Gasteiger partial charge in [0, 0.05) is 12.1 Å². The van der Waals surface area contributed by atoms with E-state index in [4.69, 9.17) is 0 Å². The Balaban J connectivity index is 1.73. The molecule has 2 heteroatoms. The van der Waals surface area contributed by atoms with Gasteiger partial charge in [-0.1, -0.05) is 51.9 Å². The fraction of sp³-hybridized carbons (Fsp3) is 1.00. The Morgan fingerprint density at radius 1 is 0.947 bits per heavy atom. The molecule has 1 N–H and O–H groups in total. The minimum absolute atomic E-state index is 0.484. The molecule has 1 saturated carbocycles. The first-order valence-corrected chi connectivity index (χ1v) is 8.82. The van der Waals surface area contributed by atoms with Crippen molar-refractivity contribution in [2.75, 3.05) is 26.2 Å². The highest BCUT2D eigenvalue weighted by atomic mass is 15.2. The average molecular weight is 266 g/mol. The van der Waals surface area contributed by atoms with Gasteiger partial charge in [-0.05, 0) is 45.3 Å². The molecule has 0 radical (unpaired) electrons. The number of hydrogen-bond acceptors (Lipinski definition) is 2. The van der Waals surface area contributed by atoms with E-state index in [1.807, 2.05) is 0 Å². The second-order valence-corrected chi connectivity index (χ2v) is 6.81. The van der Waals surface area contributed by atoms with E-state index in [9.17, 15) is 0 Å². The molecular weight excluding hydrogens is 232 g/mol. The molecule has 0 atom stereocenters. The van der Waals surface area contributed by atoms with E-state index in [-0.39, 0.29) is 0 Å². The van der Waals surface area contributed by atoms with Gasteiger partial charge in [0.25, 0.3) is 0 Å². The lowest BCUT2D eigenvalue weighted by molar-refractivity contribution is 0.162. The van der Waals surface area contributed by atoms with Crippen LogP contribution in [0.3, 0.4) is 0 Å². The van der Waals surface area contributed by atoms with Crippen molar-refractivity contribution in [3.05, 3.63) is 0 Å². The molecule has 0 aromatic carbocycles. The minimum Gasteiger partial charge on any atom is -0.310 e. The summed E-state index contributed by atoms with van der Waals surface area (Å²) >= 11 is 0. The van der Waals surface area contributed by atoms with Crippen LogP contribution in [0.2, 0.25) is 0 Å². The van der Waals surface area contributed by atoms with Crippen LogP contribution in [0.15, 0.2) is 0 Å². The van der Waals surface area contributed by atoms with Crippen molar-refractivity contribution in [3.8, 4) is 0 Å². The third-order valence-corrected chi connectivity index (χ3v) is 5.07. The van der Waals surface area contributed by atoms with Gasteiger partial charge in [-0.2, -0.15) is 0 Å². The van der Waals surface area contributed by atoms with Crippen LogP contribution in [0.4, 0.5) is 0 Å². The first-order chi connectivity index (χ1) is 9.35. The lowest BCUT2D eigenvalue weighted by atomic mass is 9.81. The van der Waals surface area contributed by atoms with Crippen molar-refractivity contribution >= 4 is 0 Å². The van der Waals surface area contributed by atoms with E-state index in [1.54, 1.807) is 0 Å². The monoisotopic (exact) mass is 266 g/mol. The molecule has 0 aromatic heterocycles. The highest BCUT2D eigenvalue weighted by Gasteiger charge is 2.34. The Morgan fingerprint density at radius 2 is 1.74 bits per heavy atom. The van der Waals surface area contributed by atoms with Crippen LogP contribution in [-0.2, 0) is 0 Å². The summed E-state index contributed by atoms with van der Waals surface area (Å²) in [5, 5.41) is 3.90. The van der Waals surface area contributed by atoms with Gasteiger partial charge in [0.2, 0.25) is 0 Å². The summed E-state index contributed by atoms with van der Waals surface area (Å²) in [5.41, 5.74) is 0.484. The Kier molecular flexibility index (Phi) is 6.66. The van der Waals surface area contributed by atoms with Crippen LogP contribution in [0, 0.1) is 0 Å². The summed E-state index contributed by atoms with van der Waals surface area (Å²) in [6, 6.07) is 0. The predicted octanol–water partition coefficient (Wildman–Crippen LogP) is 3.96. The van der Waals surface area contributed by atoms with Crippen molar-refractivity contribution in [3.63, 3.8) is 0 Å². The summed E-state index contributed by atoms with van der Waals surface area (Å²) in [5.74, 6) is 0. The van der Waals surface area contributed by atoms with E-state index in [0.717, 1.165) is 0 Å². The highest BCUT2D eigenvalue weighted by molar-refractivity contribution is 4.95. The van der Waals surface area contributed by atoms with Gasteiger partial charge >= 0.3 is 0 Å². The SMILES string of the molecule is CCCCCCCN1CCCNC2(CCCCC2)C1. The van der Waals surface area contributed by atoms with E-state index in [1.165, 1.54) is 96.8 Å². The standard InChI is InChI=1S/C17H34N2/c1-2-3-4-5-9-14-19-15-10-13-18-17(16-19)11-7-6-8-12-17/h18H,2-16H2,1H3. The van der Waals surface area contributed by atoms with Crippen LogP contribution >= 0.6 is 0 Å². The number of unbranched alkanes of at least 4 members (excludes halogenated alkanes) is 4. The van der Waals surface area contributed by atoms with Gasteiger partial charge in [-0.3, -0.25) is 0 Å². The molecule has 2 nitrogen and oxygen atoms in total. The maximum absolute atomic E-state index is 3.90. The largest absolute Gasteiger partial charge is 0.310 e. The zero-order chi connectivity index (χ0) is 13.4. The highest BCUT2D eigenvalue weighted by Crippen LogP contribution is 2.30. The number of nitrogens with one attached hydrogen (secondary N) is 1. The normalized spacial score (nSPS) is 24.5. The van der Waals surface area contributed by atoms with Crippen molar-refractivity contribution < 1.29 is 0 Å². The van der Waals surface area contributed by atoms with Crippen LogP contribution < -0.4 is 5.32 Å². The molecule has 2 fully saturated rings. The van der Waals surface area contributed by atoms with Gasteiger partial charge in [0.1, 0.15) is 0 Å². The summed E-state index contributed by atoms with van der Waals surface area (Å²) in [7, 11) is 0. The molecule has 1 aliphatic heterocycles. The van der Waals surface area contributed by atoms with E-state index in [2.05, 4.69) is 17.1 Å². The average Bonchev–Trinajstić information content (AvgIpc) is 2.62. The van der Waals surface area contributed by atoms with Gasteiger partial charge < -0.3 is 10.2 Å². The van der Waals surface area contributed by atoms with Crippen molar-refractivity contribution in [1.29, 1.82) is 0 Å². The molecular formula is C17H34N2. The lowest BCUT2D eigenvalue weighted by Crippen LogP contribution is -2.52. The molecule has 1 saturated heterocycles. The zero-order valence-electron chi connectivity index (χ0n) is 13.1. The fourth-order valence-electron chi connectivity index (χ4n) is 3.91. The number of hydrogen-bond donors (Lipinski definition) is 1. The molecule has 19 heavy (non-hydrogen) atoms. The maximum Gasteiger partial charge on any atom is 0.0308 e. The number of rotatable bonds is 6. The minimum atomic E-state index is 0.484. The third-order valence-electron chi connectivity index (χ3n) is 5.07. The lowest BCUT2D eigenvalue weighted by Gasteiger charge is -2.40. The smallest absolute Gasteiger partial charge is 0.0308 e. The zero-order valence-corrected chi connectivity index (χ0v) is 13.1. The number of nitrogens with zero attached hydrogens (tertiary/aromatic N) is 1. The van der Waals surface area contributed by atoms with Crippen molar-refractivity contribution in [2.45, 2.75) is 83.1 Å². The fourth-order valence-corrected chi connectivity index (χ4v) is 3.91. The van der Waals surface area contributed by atoms with Gasteiger partial charge in [0.05, 0.1) is 0 Å². The second kappa shape index (κ2) is 8.26. The van der Waals surface area contributed by atoms with Gasteiger partial charge in [-0.25, -0.2) is 0 Å². The van der Waals surface area contributed by atoms with Crippen LogP contribution in [0.1, 0.15) is 77.6 Å². The van der Waals surface area contributed by atoms with Gasteiger partial charge in [-0.15, -0.1) is 0 Å². The second-order valence-electron chi connectivity index (χ2n) is 6.81. The topological polar surface area (TPSA) is 15.3 Å². The first kappa shape index (κ1) is 15.3. The summed E-state index contributed by atoms with van der Waals surface area (Å²) in [6.45, 7) is 7.52. The van der Waals surface area contributed by atoms with E-state index >= 15 is 0 Å². The Bertz CT molecular complexity index is 233. The Hall–Kier alpha value is -0.0800. The molecule has 1 aliphatic carbocycles. The summed E-state index contributed by atoms with van der Waals surface area (Å²) < 4.78 is 0. The van der Waals surface area contributed by atoms with E-state index < -0.39 is 0 Å². The Labute approximate surface area is 120 Å². The first-order valence-electron chi connectivity index (χ1n) is 8.82.